The van der Waals surface area contributed by atoms with Gasteiger partial charge >= 0.3 is 0 Å². The van der Waals surface area contributed by atoms with Crippen LogP contribution in [0.25, 0.3) is 0 Å². The number of ether oxygens (including phenoxy) is 1. The summed E-state index contributed by atoms with van der Waals surface area (Å²) in [6, 6.07) is 0. The van der Waals surface area contributed by atoms with E-state index in [1.54, 1.807) is 34.6 Å². The molecule has 3 atom stereocenters. The van der Waals surface area contributed by atoms with Gasteiger partial charge in [-0.25, -0.2) is 0 Å². The van der Waals surface area contributed by atoms with Crippen molar-refractivity contribution in [2.24, 2.45) is 5.73 Å². The summed E-state index contributed by atoms with van der Waals surface area (Å²) >= 11 is 5.84. The van der Waals surface area contributed by atoms with Crippen LogP contribution in [0, 0.1) is 0 Å². The van der Waals surface area contributed by atoms with Gasteiger partial charge in [0.15, 0.2) is 6.29 Å². The lowest BCUT2D eigenvalue weighted by atomic mass is 9.96. The molecule has 7 nitrogen and oxygen atoms in total. The maximum Gasteiger partial charge on any atom is 0.294 e. The zero-order valence-electron chi connectivity index (χ0n) is 15.1. The number of nitrogens with two attached hydrogens (primary N) is 1. The molecule has 0 aromatic heterocycles. The van der Waals surface area contributed by atoms with E-state index >= 15 is 0 Å². The van der Waals surface area contributed by atoms with Gasteiger partial charge < -0.3 is 26.0 Å². The number of ketones is 1. The number of carbonyl (C=O) groups excluding carboxylic acids is 2. The second kappa shape index (κ2) is 8.80. The highest BCUT2D eigenvalue weighted by atomic mass is 35.5. The average molecular weight is 365 g/mol. The first-order valence-corrected chi connectivity index (χ1v) is 8.16. The lowest BCUT2D eigenvalue weighted by molar-refractivity contribution is -0.203. The topological polar surface area (TPSA) is 122 Å². The third kappa shape index (κ3) is 7.17. The van der Waals surface area contributed by atoms with E-state index in [0.717, 1.165) is 0 Å². The van der Waals surface area contributed by atoms with Crippen molar-refractivity contribution in [3.63, 3.8) is 0 Å². The Morgan fingerprint density at radius 1 is 1.25 bits per heavy atom. The van der Waals surface area contributed by atoms with E-state index in [9.17, 15) is 19.8 Å². The van der Waals surface area contributed by atoms with E-state index in [2.05, 4.69) is 5.32 Å². The minimum Gasteiger partial charge on any atom is -0.394 e. The van der Waals surface area contributed by atoms with Gasteiger partial charge in [-0.1, -0.05) is 18.5 Å². The minimum absolute atomic E-state index is 0.0345. The monoisotopic (exact) mass is 364 g/mol. The molecule has 1 amide bonds. The van der Waals surface area contributed by atoms with Gasteiger partial charge in [-0.15, -0.1) is 0 Å². The van der Waals surface area contributed by atoms with Gasteiger partial charge in [0.05, 0.1) is 17.2 Å². The zero-order chi connectivity index (χ0) is 19.3. The molecule has 0 spiro atoms. The van der Waals surface area contributed by atoms with E-state index < -0.39 is 40.9 Å². The first-order chi connectivity index (χ1) is 10.7. The summed E-state index contributed by atoms with van der Waals surface area (Å²) in [4.78, 5) is 24.2. The highest BCUT2D eigenvalue weighted by molar-refractivity contribution is 6.45. The van der Waals surface area contributed by atoms with Crippen molar-refractivity contribution in [2.45, 2.75) is 77.9 Å². The summed E-state index contributed by atoms with van der Waals surface area (Å²) in [5.74, 6) is -2.03. The van der Waals surface area contributed by atoms with Gasteiger partial charge in [0.25, 0.3) is 11.7 Å². The standard InChI is InChI=1S/C16H29ClN2O5/c1-7-16(6,14(23)24-15(3,4)5)19-13(22)12(21)11(18)10(17)8-9(2)20/h9,14,20,23H,7-8,18H2,1-6H3,(H,19,22)/b11-10+. The van der Waals surface area contributed by atoms with E-state index in [4.69, 9.17) is 22.1 Å². The first-order valence-electron chi connectivity index (χ1n) is 7.78. The van der Waals surface area contributed by atoms with Crippen LogP contribution in [0.3, 0.4) is 0 Å². The Labute approximate surface area is 148 Å². The number of halogens is 1. The predicted octanol–water partition coefficient (Wildman–Crippen LogP) is 1.15. The lowest BCUT2D eigenvalue weighted by Gasteiger charge is -2.37. The quantitative estimate of drug-likeness (QED) is 0.291. The van der Waals surface area contributed by atoms with Crippen molar-refractivity contribution in [3.05, 3.63) is 10.7 Å². The zero-order valence-corrected chi connectivity index (χ0v) is 15.9. The molecular weight excluding hydrogens is 336 g/mol. The molecule has 24 heavy (non-hydrogen) atoms. The molecule has 0 radical (unpaired) electrons. The second-order valence-electron chi connectivity index (χ2n) is 7.01. The summed E-state index contributed by atoms with van der Waals surface area (Å²) in [6.45, 7) is 10.1. The van der Waals surface area contributed by atoms with Crippen LogP contribution < -0.4 is 11.1 Å². The van der Waals surface area contributed by atoms with Gasteiger partial charge in [-0.2, -0.15) is 0 Å². The number of hydrogen-bond acceptors (Lipinski definition) is 6. The molecule has 0 saturated carbocycles. The Morgan fingerprint density at radius 2 is 1.75 bits per heavy atom. The molecule has 8 heteroatoms. The number of nitrogens with one attached hydrogen (secondary N) is 1. The number of aliphatic hydroxyl groups excluding tert-OH is 2. The fraction of sp³-hybridized carbons (Fsp3) is 0.750. The van der Waals surface area contributed by atoms with Crippen LogP contribution in [0.4, 0.5) is 0 Å². The summed E-state index contributed by atoms with van der Waals surface area (Å²) in [6.07, 6.45) is -1.84. The Morgan fingerprint density at radius 3 is 2.12 bits per heavy atom. The van der Waals surface area contributed by atoms with E-state index in [0.29, 0.717) is 6.42 Å². The Hall–Kier alpha value is -1.15. The Kier molecular flexibility index (Phi) is 8.38. The molecule has 0 aromatic rings. The van der Waals surface area contributed by atoms with Gasteiger partial charge in [-0.3, -0.25) is 9.59 Å². The van der Waals surface area contributed by atoms with Gasteiger partial charge in [0.1, 0.15) is 5.70 Å². The summed E-state index contributed by atoms with van der Waals surface area (Å²) in [5, 5.41) is 21.9. The third-order valence-electron chi connectivity index (χ3n) is 3.36. The van der Waals surface area contributed by atoms with E-state index in [1.165, 1.54) is 6.92 Å². The third-order valence-corrected chi connectivity index (χ3v) is 3.72. The molecule has 0 saturated heterocycles. The van der Waals surface area contributed by atoms with Crippen LogP contribution in [-0.2, 0) is 14.3 Å². The number of aliphatic hydroxyl groups is 2. The molecule has 3 unspecified atom stereocenters. The number of Topliss-reactive ketones (excluding diaryl/α,β-unsaturated/α-hetero) is 1. The Bertz CT molecular complexity index is 499. The molecule has 0 fully saturated rings. The van der Waals surface area contributed by atoms with Crippen molar-refractivity contribution < 1.29 is 24.5 Å². The van der Waals surface area contributed by atoms with Crippen LogP contribution >= 0.6 is 11.6 Å². The number of hydrogen-bond donors (Lipinski definition) is 4. The number of amides is 1. The molecular formula is C16H29ClN2O5. The first kappa shape index (κ1) is 22.9. The molecule has 140 valence electrons. The molecule has 0 aromatic carbocycles. The van der Waals surface area contributed by atoms with Gasteiger partial charge in [0, 0.05) is 11.5 Å². The molecule has 0 rings (SSSR count). The van der Waals surface area contributed by atoms with Crippen molar-refractivity contribution in [1.82, 2.24) is 5.32 Å². The molecule has 0 heterocycles. The van der Waals surface area contributed by atoms with Crippen molar-refractivity contribution in [1.29, 1.82) is 0 Å². The average Bonchev–Trinajstić information content (AvgIpc) is 2.42. The smallest absolute Gasteiger partial charge is 0.294 e. The summed E-state index contributed by atoms with van der Waals surface area (Å²) < 4.78 is 5.46. The van der Waals surface area contributed by atoms with E-state index in [1.807, 2.05) is 0 Å². The summed E-state index contributed by atoms with van der Waals surface area (Å²) in [5.41, 5.74) is 3.33. The Balaban J connectivity index is 5.20. The lowest BCUT2D eigenvalue weighted by Crippen LogP contribution is -2.58. The molecule has 0 aliphatic rings. The minimum atomic E-state index is -1.32. The van der Waals surface area contributed by atoms with Crippen molar-refractivity contribution in [2.75, 3.05) is 0 Å². The summed E-state index contributed by atoms with van der Waals surface area (Å²) in [7, 11) is 0. The molecule has 0 bridgehead atoms. The number of carbonyl (C=O) groups is 2. The normalized spacial score (nSPS) is 18.2. The van der Waals surface area contributed by atoms with Gasteiger partial charge in [-0.05, 0) is 41.0 Å². The maximum atomic E-state index is 12.2. The highest BCUT2D eigenvalue weighted by Gasteiger charge is 2.38. The fourth-order valence-corrected chi connectivity index (χ4v) is 2.03. The van der Waals surface area contributed by atoms with Crippen LogP contribution in [0.1, 0.15) is 54.4 Å². The van der Waals surface area contributed by atoms with Crippen molar-refractivity contribution >= 4 is 23.3 Å². The second-order valence-corrected chi connectivity index (χ2v) is 7.46. The van der Waals surface area contributed by atoms with E-state index in [-0.39, 0.29) is 11.5 Å². The fourth-order valence-electron chi connectivity index (χ4n) is 1.72. The highest BCUT2D eigenvalue weighted by Crippen LogP contribution is 2.22. The number of rotatable bonds is 8. The predicted molar refractivity (Wildman–Crippen MR) is 92.1 cm³/mol. The van der Waals surface area contributed by atoms with Crippen LogP contribution in [0.15, 0.2) is 10.7 Å². The largest absolute Gasteiger partial charge is 0.394 e. The van der Waals surface area contributed by atoms with Crippen LogP contribution in [0.2, 0.25) is 0 Å². The molecule has 5 N–H and O–H groups in total. The maximum absolute atomic E-state index is 12.2. The van der Waals surface area contributed by atoms with Crippen molar-refractivity contribution in [3.8, 4) is 0 Å². The van der Waals surface area contributed by atoms with Crippen LogP contribution in [0.5, 0.6) is 0 Å². The SMILES string of the molecule is CCC(C)(NC(=O)C(=O)/C(N)=C(\Cl)CC(C)O)C(O)OC(C)(C)C. The van der Waals surface area contributed by atoms with Gasteiger partial charge in [0.2, 0.25) is 0 Å². The molecule has 0 aliphatic heterocycles. The van der Waals surface area contributed by atoms with Crippen LogP contribution in [-0.4, -0.2) is 45.4 Å². The molecule has 0 aliphatic carbocycles.